The molecule has 0 aliphatic heterocycles. The SMILES string of the molecule is CCOc1ccc(NC(=O)C(C)Sc2cccc(NC(=O)/C(=C/c3ccc(OCc4ccccc4)cc3)NC(=O)c3ccccc3)c2)cc1. The van der Waals surface area contributed by atoms with Crippen molar-refractivity contribution < 1.29 is 23.9 Å². The molecule has 0 fully saturated rings. The molecule has 0 heterocycles. The van der Waals surface area contributed by atoms with Crippen molar-refractivity contribution in [1.29, 1.82) is 0 Å². The van der Waals surface area contributed by atoms with Crippen LogP contribution in [0.3, 0.4) is 0 Å². The van der Waals surface area contributed by atoms with Crippen LogP contribution >= 0.6 is 11.8 Å². The number of carbonyl (C=O) groups excluding carboxylic acids is 3. The Hall–Kier alpha value is -5.80. The van der Waals surface area contributed by atoms with E-state index in [2.05, 4.69) is 16.0 Å². The summed E-state index contributed by atoms with van der Waals surface area (Å²) in [4.78, 5) is 40.4. The normalized spacial score (nSPS) is 11.6. The van der Waals surface area contributed by atoms with Crippen LogP contribution in [0.5, 0.6) is 11.5 Å². The Kier molecular flexibility index (Phi) is 12.2. The van der Waals surface area contributed by atoms with Crippen molar-refractivity contribution in [3.05, 3.63) is 156 Å². The van der Waals surface area contributed by atoms with E-state index >= 15 is 0 Å². The van der Waals surface area contributed by atoms with Gasteiger partial charge in [-0.25, -0.2) is 0 Å². The summed E-state index contributed by atoms with van der Waals surface area (Å²) in [6.07, 6.45) is 1.61. The quantitative estimate of drug-likeness (QED) is 0.0812. The molecule has 9 heteroatoms. The Bertz CT molecular complexity index is 1880. The van der Waals surface area contributed by atoms with E-state index in [0.717, 1.165) is 16.2 Å². The third-order valence-electron chi connectivity index (χ3n) is 7.18. The minimum Gasteiger partial charge on any atom is -0.494 e. The van der Waals surface area contributed by atoms with Crippen molar-refractivity contribution in [1.82, 2.24) is 5.32 Å². The molecule has 0 saturated heterocycles. The van der Waals surface area contributed by atoms with E-state index in [0.29, 0.717) is 41.5 Å². The molecule has 0 aliphatic carbocycles. The van der Waals surface area contributed by atoms with E-state index in [-0.39, 0.29) is 11.6 Å². The molecule has 0 spiro atoms. The summed E-state index contributed by atoms with van der Waals surface area (Å²) < 4.78 is 11.4. The number of carbonyl (C=O) groups is 3. The number of benzene rings is 5. The first kappa shape index (κ1) is 34.5. The van der Waals surface area contributed by atoms with E-state index < -0.39 is 17.1 Å². The van der Waals surface area contributed by atoms with Gasteiger partial charge in [-0.1, -0.05) is 66.7 Å². The lowest BCUT2D eigenvalue weighted by Gasteiger charge is -2.14. The highest BCUT2D eigenvalue weighted by molar-refractivity contribution is 8.00. The first-order valence-electron chi connectivity index (χ1n) is 15.8. The summed E-state index contributed by atoms with van der Waals surface area (Å²) in [5, 5.41) is 8.17. The second kappa shape index (κ2) is 17.4. The van der Waals surface area contributed by atoms with Gasteiger partial charge >= 0.3 is 0 Å². The summed E-state index contributed by atoms with van der Waals surface area (Å²) >= 11 is 1.36. The van der Waals surface area contributed by atoms with Gasteiger partial charge in [0.15, 0.2) is 0 Å². The number of nitrogens with one attached hydrogen (secondary N) is 3. The fourth-order valence-corrected chi connectivity index (χ4v) is 5.58. The molecule has 49 heavy (non-hydrogen) atoms. The Balaban J connectivity index is 1.26. The number of anilines is 2. The molecule has 5 aromatic rings. The summed E-state index contributed by atoms with van der Waals surface area (Å²) in [5.74, 6) is 0.339. The van der Waals surface area contributed by atoms with E-state index in [9.17, 15) is 14.4 Å². The Morgan fingerprint density at radius 1 is 0.714 bits per heavy atom. The van der Waals surface area contributed by atoms with E-state index in [1.807, 2.05) is 92.7 Å². The Morgan fingerprint density at radius 2 is 1.37 bits per heavy atom. The predicted octanol–water partition coefficient (Wildman–Crippen LogP) is 8.19. The molecule has 3 amide bonds. The van der Waals surface area contributed by atoms with Crippen molar-refractivity contribution in [3.8, 4) is 11.5 Å². The molecule has 0 radical (unpaired) electrons. The standard InChI is InChI=1S/C40H37N3O5S/c1-3-47-34-23-19-32(20-24-34)41-38(44)28(2)49-36-16-10-15-33(26-36)42-40(46)37(43-39(45)31-13-8-5-9-14-31)25-29-17-21-35(22-18-29)48-27-30-11-6-4-7-12-30/h4-26,28H,3,27H2,1-2H3,(H,41,44)(H,42,46)(H,43,45)/b37-25-. The van der Waals surface area contributed by atoms with Gasteiger partial charge in [-0.15, -0.1) is 11.8 Å². The average Bonchev–Trinajstić information content (AvgIpc) is 3.13. The van der Waals surface area contributed by atoms with Crippen LogP contribution in [0.15, 0.2) is 144 Å². The molecular weight excluding hydrogens is 635 g/mol. The molecule has 0 saturated carbocycles. The molecule has 5 rings (SSSR count). The van der Waals surface area contributed by atoms with Gasteiger partial charge in [-0.05, 0) is 97.8 Å². The van der Waals surface area contributed by atoms with Crippen molar-refractivity contribution in [2.24, 2.45) is 0 Å². The van der Waals surface area contributed by atoms with Gasteiger partial charge in [-0.3, -0.25) is 14.4 Å². The lowest BCUT2D eigenvalue weighted by Crippen LogP contribution is -2.30. The Labute approximate surface area is 290 Å². The molecule has 0 aromatic heterocycles. The maximum atomic E-state index is 13.6. The average molecular weight is 672 g/mol. The van der Waals surface area contributed by atoms with Crippen molar-refractivity contribution in [2.45, 2.75) is 30.6 Å². The number of thioether (sulfide) groups is 1. The van der Waals surface area contributed by atoms with Crippen LogP contribution in [0.2, 0.25) is 0 Å². The van der Waals surface area contributed by atoms with Gasteiger partial charge in [0, 0.05) is 21.8 Å². The summed E-state index contributed by atoms with van der Waals surface area (Å²) in [7, 11) is 0. The van der Waals surface area contributed by atoms with Gasteiger partial charge < -0.3 is 25.4 Å². The summed E-state index contributed by atoms with van der Waals surface area (Å²) in [5.41, 5.74) is 3.42. The Morgan fingerprint density at radius 3 is 2.06 bits per heavy atom. The first-order valence-corrected chi connectivity index (χ1v) is 16.7. The molecule has 8 nitrogen and oxygen atoms in total. The third kappa shape index (κ3) is 10.6. The largest absolute Gasteiger partial charge is 0.494 e. The summed E-state index contributed by atoms with van der Waals surface area (Å²) in [6, 6.07) is 40.3. The second-order valence-corrected chi connectivity index (χ2v) is 12.3. The molecule has 3 N–H and O–H groups in total. The minimum atomic E-state index is -0.503. The zero-order chi connectivity index (χ0) is 34.4. The lowest BCUT2D eigenvalue weighted by atomic mass is 10.1. The van der Waals surface area contributed by atoms with Crippen LogP contribution < -0.4 is 25.4 Å². The van der Waals surface area contributed by atoms with Gasteiger partial charge in [0.2, 0.25) is 5.91 Å². The number of hydrogen-bond acceptors (Lipinski definition) is 6. The molecule has 0 bridgehead atoms. The highest BCUT2D eigenvalue weighted by Crippen LogP contribution is 2.27. The number of ether oxygens (including phenoxy) is 2. The molecule has 5 aromatic carbocycles. The first-order chi connectivity index (χ1) is 23.9. The zero-order valence-corrected chi connectivity index (χ0v) is 28.0. The minimum absolute atomic E-state index is 0.0629. The van der Waals surface area contributed by atoms with Crippen molar-refractivity contribution >= 4 is 46.9 Å². The van der Waals surface area contributed by atoms with Crippen LogP contribution in [0.4, 0.5) is 11.4 Å². The van der Waals surface area contributed by atoms with Crippen LogP contribution in [0.25, 0.3) is 6.08 Å². The van der Waals surface area contributed by atoms with Crippen LogP contribution in [-0.4, -0.2) is 29.6 Å². The molecular formula is C40H37N3O5S. The molecule has 1 atom stereocenters. The highest BCUT2D eigenvalue weighted by Gasteiger charge is 2.18. The topological polar surface area (TPSA) is 106 Å². The molecule has 1 unspecified atom stereocenters. The number of amides is 3. The third-order valence-corrected chi connectivity index (χ3v) is 8.27. The number of rotatable bonds is 14. The maximum absolute atomic E-state index is 13.6. The van der Waals surface area contributed by atoms with E-state index in [1.54, 1.807) is 60.7 Å². The van der Waals surface area contributed by atoms with Gasteiger partial charge in [0.1, 0.15) is 23.8 Å². The predicted molar refractivity (Wildman–Crippen MR) is 196 cm³/mol. The van der Waals surface area contributed by atoms with Crippen LogP contribution in [0, 0.1) is 0 Å². The van der Waals surface area contributed by atoms with Crippen LogP contribution in [-0.2, 0) is 16.2 Å². The monoisotopic (exact) mass is 671 g/mol. The fourth-order valence-electron chi connectivity index (χ4n) is 4.66. The van der Waals surface area contributed by atoms with Gasteiger partial charge in [0.25, 0.3) is 11.8 Å². The molecule has 248 valence electrons. The smallest absolute Gasteiger partial charge is 0.272 e. The fraction of sp³-hybridized carbons (Fsp3) is 0.125. The lowest BCUT2D eigenvalue weighted by molar-refractivity contribution is -0.115. The van der Waals surface area contributed by atoms with Crippen molar-refractivity contribution in [2.75, 3.05) is 17.2 Å². The second-order valence-electron chi connectivity index (χ2n) is 10.9. The highest BCUT2D eigenvalue weighted by atomic mass is 32.2. The van der Waals surface area contributed by atoms with Gasteiger partial charge in [-0.2, -0.15) is 0 Å². The summed E-state index contributed by atoms with van der Waals surface area (Å²) in [6.45, 7) is 4.73. The molecule has 0 aliphatic rings. The van der Waals surface area contributed by atoms with Crippen LogP contribution in [0.1, 0.15) is 35.3 Å². The number of hydrogen-bond donors (Lipinski definition) is 3. The maximum Gasteiger partial charge on any atom is 0.272 e. The van der Waals surface area contributed by atoms with Gasteiger partial charge in [0.05, 0.1) is 11.9 Å². The van der Waals surface area contributed by atoms with Crippen molar-refractivity contribution in [3.63, 3.8) is 0 Å². The van der Waals surface area contributed by atoms with E-state index in [1.165, 1.54) is 11.8 Å². The zero-order valence-electron chi connectivity index (χ0n) is 27.2. The van der Waals surface area contributed by atoms with E-state index in [4.69, 9.17) is 9.47 Å².